The Morgan fingerprint density at radius 3 is 2.00 bits per heavy atom. The largest absolute Gasteiger partial charge is 0.493 e. The van der Waals surface area contributed by atoms with Crippen LogP contribution in [0.4, 0.5) is 4.79 Å². The van der Waals surface area contributed by atoms with Gasteiger partial charge in [0.1, 0.15) is 0 Å². The van der Waals surface area contributed by atoms with Crippen LogP contribution in [0.3, 0.4) is 0 Å². The van der Waals surface area contributed by atoms with E-state index >= 15 is 0 Å². The maximum atomic E-state index is 10.4. The highest BCUT2D eigenvalue weighted by Gasteiger charge is 2.00. The summed E-state index contributed by atoms with van der Waals surface area (Å²) in [5.74, 6) is 0. The molecule has 0 aliphatic rings. The minimum absolute atomic E-state index is 0. The van der Waals surface area contributed by atoms with Gasteiger partial charge in [0, 0.05) is 0 Å². The number of pyridine rings is 1. The first-order chi connectivity index (χ1) is 4.30. The number of hydrogen-bond donors (Lipinski definition) is 2. The van der Waals surface area contributed by atoms with E-state index in [0.717, 1.165) is 0 Å². The molecule has 0 unspecified atom stereocenters. The van der Waals surface area contributed by atoms with E-state index in [4.69, 9.17) is 5.73 Å². The van der Waals surface area contributed by atoms with Gasteiger partial charge in [-0.05, 0) is 12.1 Å². The molecule has 0 aliphatic carbocycles. The lowest BCUT2D eigenvalue weighted by molar-refractivity contribution is -0.569. The Morgan fingerprint density at radius 1 is 1.20 bits per heavy atom. The Bertz CT molecular complexity index is 209. The van der Waals surface area contributed by atoms with Crippen molar-refractivity contribution in [2.75, 3.05) is 0 Å². The third-order valence-corrected chi connectivity index (χ3v) is 0.970. The molecule has 0 saturated carbocycles. The first kappa shape index (κ1) is 8.58. The topological polar surface area (TPSA) is 82.0 Å². The van der Waals surface area contributed by atoms with E-state index in [1.807, 2.05) is 6.07 Å². The average Bonchev–Trinajstić information content (AvgIpc) is 1.90. The molecule has 0 aromatic carbocycles. The predicted molar refractivity (Wildman–Crippen MR) is 36.6 cm³/mol. The van der Waals surface area contributed by atoms with Crippen LogP contribution in [0.1, 0.15) is 0 Å². The van der Waals surface area contributed by atoms with Crippen LogP contribution in [0.25, 0.3) is 0 Å². The molecule has 54 valence electrons. The lowest BCUT2D eigenvalue weighted by Crippen LogP contribution is -2.46. The summed E-state index contributed by atoms with van der Waals surface area (Å²) < 4.78 is 1.31. The summed E-state index contributed by atoms with van der Waals surface area (Å²) in [7, 11) is 0. The van der Waals surface area contributed by atoms with Crippen LogP contribution in [0.15, 0.2) is 30.6 Å². The maximum Gasteiger partial charge on any atom is 0.493 e. The zero-order chi connectivity index (χ0) is 6.69. The lowest BCUT2D eigenvalue weighted by atomic mass is 10.5. The molecule has 0 spiro atoms. The van der Waals surface area contributed by atoms with Gasteiger partial charge in [-0.15, -0.1) is 0 Å². The fourth-order valence-electron chi connectivity index (χ4n) is 0.546. The molecule has 0 saturated heterocycles. The number of primary amides is 1. The van der Waals surface area contributed by atoms with E-state index in [9.17, 15) is 4.79 Å². The highest BCUT2D eigenvalue weighted by Crippen LogP contribution is 1.74. The van der Waals surface area contributed by atoms with Gasteiger partial charge in [-0.25, -0.2) is 0 Å². The van der Waals surface area contributed by atoms with Gasteiger partial charge < -0.3 is 6.15 Å². The smallest absolute Gasteiger partial charge is 0.344 e. The number of carbonyl (C=O) groups is 1. The molecule has 4 nitrogen and oxygen atoms in total. The van der Waals surface area contributed by atoms with E-state index in [2.05, 4.69) is 0 Å². The van der Waals surface area contributed by atoms with Crippen LogP contribution < -0.4 is 16.5 Å². The molecule has 1 aromatic heterocycles. The molecule has 0 bridgehead atoms. The monoisotopic (exact) mass is 140 g/mol. The molecular weight excluding hydrogens is 130 g/mol. The second-order valence-corrected chi connectivity index (χ2v) is 1.62. The van der Waals surface area contributed by atoms with Crippen molar-refractivity contribution in [3.63, 3.8) is 0 Å². The standard InChI is InChI=1S/C6H6N2O.H3N/c7-6(9)8-4-2-1-3-5-8;/h1-5H,(H-,7,9);1H3/p+1. The van der Waals surface area contributed by atoms with Crippen molar-refractivity contribution in [1.29, 1.82) is 0 Å². The molecular formula is C6H10N3O+. The number of amides is 1. The van der Waals surface area contributed by atoms with Crippen LogP contribution in [-0.2, 0) is 0 Å². The van der Waals surface area contributed by atoms with Crippen molar-refractivity contribution < 1.29 is 9.36 Å². The molecule has 5 N–H and O–H groups in total. The van der Waals surface area contributed by atoms with Crippen LogP contribution >= 0.6 is 0 Å². The highest BCUT2D eigenvalue weighted by atomic mass is 16.2. The van der Waals surface area contributed by atoms with Crippen molar-refractivity contribution >= 4 is 6.03 Å². The second-order valence-electron chi connectivity index (χ2n) is 1.62. The zero-order valence-corrected chi connectivity index (χ0v) is 5.53. The van der Waals surface area contributed by atoms with E-state index < -0.39 is 6.03 Å². The molecule has 1 heterocycles. The van der Waals surface area contributed by atoms with E-state index in [-0.39, 0.29) is 6.15 Å². The molecule has 0 fully saturated rings. The molecule has 0 atom stereocenters. The minimum Gasteiger partial charge on any atom is -0.344 e. The Kier molecular flexibility index (Phi) is 3.07. The SMILES string of the molecule is N.NC(=O)[n+]1ccccc1. The van der Waals surface area contributed by atoms with Gasteiger partial charge in [0.25, 0.3) is 0 Å². The normalized spacial score (nSPS) is 8.00. The minimum atomic E-state index is -0.462. The Labute approximate surface area is 58.9 Å². The predicted octanol–water partition coefficient (Wildman–Crippen LogP) is 0.0629. The van der Waals surface area contributed by atoms with Crippen molar-refractivity contribution in [1.82, 2.24) is 6.15 Å². The third-order valence-electron chi connectivity index (χ3n) is 0.970. The summed E-state index contributed by atoms with van der Waals surface area (Å²) in [4.78, 5) is 10.4. The first-order valence-corrected chi connectivity index (χ1v) is 2.57. The summed E-state index contributed by atoms with van der Waals surface area (Å²) >= 11 is 0. The molecule has 0 radical (unpaired) electrons. The number of nitrogens with two attached hydrogens (primary N) is 1. The van der Waals surface area contributed by atoms with Gasteiger partial charge in [0.05, 0.1) is 12.4 Å². The Hall–Kier alpha value is -1.42. The lowest BCUT2D eigenvalue weighted by Gasteiger charge is -1.86. The van der Waals surface area contributed by atoms with Crippen LogP contribution in [0.2, 0.25) is 0 Å². The summed E-state index contributed by atoms with van der Waals surface area (Å²) in [6, 6.07) is 4.84. The molecule has 1 aromatic rings. The number of nitrogens with zero attached hydrogens (tertiary/aromatic N) is 1. The van der Waals surface area contributed by atoms with Crippen molar-refractivity contribution in [2.24, 2.45) is 5.73 Å². The number of rotatable bonds is 0. The maximum absolute atomic E-state index is 10.4. The molecule has 4 heteroatoms. The van der Waals surface area contributed by atoms with Gasteiger partial charge >= 0.3 is 6.03 Å². The van der Waals surface area contributed by atoms with Gasteiger partial charge in [-0.3, -0.25) is 5.73 Å². The molecule has 0 aliphatic heterocycles. The molecule has 1 rings (SSSR count). The van der Waals surface area contributed by atoms with Gasteiger partial charge in [-0.1, -0.05) is 6.07 Å². The summed E-state index contributed by atoms with van der Waals surface area (Å²) in [6.45, 7) is 0. The van der Waals surface area contributed by atoms with E-state index in [1.165, 1.54) is 4.57 Å². The number of hydrogen-bond acceptors (Lipinski definition) is 2. The molecule has 10 heavy (non-hydrogen) atoms. The Balaban J connectivity index is 0.000000810. The van der Waals surface area contributed by atoms with E-state index in [1.54, 1.807) is 24.5 Å². The van der Waals surface area contributed by atoms with Crippen LogP contribution in [-0.4, -0.2) is 6.03 Å². The van der Waals surface area contributed by atoms with Gasteiger partial charge in [0.2, 0.25) is 0 Å². The fraction of sp³-hybridized carbons (Fsp3) is 0. The van der Waals surface area contributed by atoms with Crippen molar-refractivity contribution in [3.05, 3.63) is 30.6 Å². The van der Waals surface area contributed by atoms with Crippen molar-refractivity contribution in [3.8, 4) is 0 Å². The van der Waals surface area contributed by atoms with Crippen molar-refractivity contribution in [2.45, 2.75) is 0 Å². The average molecular weight is 140 g/mol. The zero-order valence-electron chi connectivity index (χ0n) is 5.53. The number of aromatic nitrogens is 1. The Morgan fingerprint density at radius 2 is 1.70 bits per heavy atom. The summed E-state index contributed by atoms with van der Waals surface area (Å²) in [6.07, 6.45) is 3.20. The summed E-state index contributed by atoms with van der Waals surface area (Å²) in [5.41, 5.74) is 4.94. The third kappa shape index (κ3) is 1.83. The first-order valence-electron chi connectivity index (χ1n) is 2.57. The highest BCUT2D eigenvalue weighted by molar-refractivity contribution is 5.61. The number of carbonyl (C=O) groups excluding carboxylic acids is 1. The second kappa shape index (κ2) is 3.58. The van der Waals surface area contributed by atoms with Gasteiger partial charge in [0.15, 0.2) is 0 Å². The van der Waals surface area contributed by atoms with Gasteiger partial charge in [-0.2, -0.15) is 9.36 Å². The van der Waals surface area contributed by atoms with Crippen LogP contribution in [0.5, 0.6) is 0 Å². The van der Waals surface area contributed by atoms with Crippen LogP contribution in [0, 0.1) is 0 Å². The van der Waals surface area contributed by atoms with E-state index in [0.29, 0.717) is 0 Å². The molecule has 1 amide bonds. The fourth-order valence-corrected chi connectivity index (χ4v) is 0.546. The quantitative estimate of drug-likeness (QED) is 0.499. The summed E-state index contributed by atoms with van der Waals surface area (Å²) in [5, 5.41) is 0.